The number of carbonyl (C=O) groups excluding carboxylic acids is 2. The molecule has 0 saturated carbocycles. The quantitative estimate of drug-likeness (QED) is 0.455. The van der Waals surface area contributed by atoms with Gasteiger partial charge in [-0.05, 0) is 43.3 Å². The van der Waals surface area contributed by atoms with Gasteiger partial charge in [-0.2, -0.15) is 18.3 Å². The maximum Gasteiger partial charge on any atom is 0.418 e. The second-order valence-electron chi connectivity index (χ2n) is 7.33. The summed E-state index contributed by atoms with van der Waals surface area (Å²) in [5.74, 6) is -1.68. The molecular formula is C23H17F3N4O4. The van der Waals surface area contributed by atoms with E-state index < -0.39 is 41.3 Å². The first-order valence-corrected chi connectivity index (χ1v) is 9.96. The number of carbonyl (C=O) groups is 2. The van der Waals surface area contributed by atoms with Crippen LogP contribution in [0.3, 0.4) is 0 Å². The first kappa shape index (κ1) is 22.8. The van der Waals surface area contributed by atoms with Crippen LogP contribution in [0.15, 0.2) is 70.1 Å². The van der Waals surface area contributed by atoms with Crippen LogP contribution in [0.1, 0.15) is 21.8 Å². The summed E-state index contributed by atoms with van der Waals surface area (Å²) in [6.07, 6.45) is -3.57. The lowest BCUT2D eigenvalue weighted by atomic mass is 10.1. The van der Waals surface area contributed by atoms with E-state index in [2.05, 4.69) is 15.7 Å². The molecule has 0 aliphatic heterocycles. The van der Waals surface area contributed by atoms with Crippen LogP contribution in [-0.4, -0.2) is 21.6 Å². The van der Waals surface area contributed by atoms with Gasteiger partial charge < -0.3 is 15.1 Å². The molecule has 2 amide bonds. The third-order valence-corrected chi connectivity index (χ3v) is 4.95. The van der Waals surface area contributed by atoms with Crippen LogP contribution in [0, 0.1) is 6.92 Å². The minimum absolute atomic E-state index is 0.0745. The number of amides is 2. The highest BCUT2D eigenvalue weighted by molar-refractivity contribution is 6.02. The first-order valence-electron chi connectivity index (χ1n) is 9.96. The van der Waals surface area contributed by atoms with Gasteiger partial charge in [0.25, 0.3) is 11.5 Å². The fourth-order valence-corrected chi connectivity index (χ4v) is 3.40. The molecule has 0 radical (unpaired) electrons. The Hall–Kier alpha value is -4.41. The fourth-order valence-electron chi connectivity index (χ4n) is 3.40. The second kappa shape index (κ2) is 8.85. The molecule has 34 heavy (non-hydrogen) atoms. The average molecular weight is 470 g/mol. The van der Waals surface area contributed by atoms with E-state index in [0.717, 1.165) is 10.7 Å². The Morgan fingerprint density at radius 3 is 2.44 bits per heavy atom. The minimum Gasteiger partial charge on any atom is -0.459 e. The van der Waals surface area contributed by atoms with Crippen molar-refractivity contribution in [2.24, 2.45) is 0 Å². The molecule has 0 atom stereocenters. The molecule has 2 heterocycles. The number of halogens is 3. The highest BCUT2D eigenvalue weighted by atomic mass is 19.4. The van der Waals surface area contributed by atoms with E-state index in [-0.39, 0.29) is 11.4 Å². The lowest BCUT2D eigenvalue weighted by Gasteiger charge is -2.16. The summed E-state index contributed by atoms with van der Waals surface area (Å²) in [6, 6.07) is 12.4. The molecule has 174 valence electrons. The van der Waals surface area contributed by atoms with Crippen LogP contribution < -0.4 is 16.2 Å². The van der Waals surface area contributed by atoms with Crippen molar-refractivity contribution in [2.45, 2.75) is 19.6 Å². The summed E-state index contributed by atoms with van der Waals surface area (Å²) in [5, 5.41) is 9.54. The predicted molar refractivity (Wildman–Crippen MR) is 117 cm³/mol. The molecule has 0 aliphatic carbocycles. The summed E-state index contributed by atoms with van der Waals surface area (Å²) in [4.78, 5) is 37.2. The molecule has 0 saturated heterocycles. The van der Waals surface area contributed by atoms with Crippen LogP contribution >= 0.6 is 0 Å². The molecule has 0 unspecified atom stereocenters. The van der Waals surface area contributed by atoms with Gasteiger partial charge in [-0.25, -0.2) is 4.68 Å². The zero-order chi connectivity index (χ0) is 24.5. The number of hydrogen-bond acceptors (Lipinski definition) is 5. The van der Waals surface area contributed by atoms with E-state index in [4.69, 9.17) is 4.42 Å². The van der Waals surface area contributed by atoms with Gasteiger partial charge in [-0.1, -0.05) is 18.2 Å². The molecule has 8 nitrogen and oxygen atoms in total. The predicted octanol–water partition coefficient (Wildman–Crippen LogP) is 4.21. The summed E-state index contributed by atoms with van der Waals surface area (Å²) in [5.41, 5.74) is -1.89. The molecule has 0 fully saturated rings. The summed E-state index contributed by atoms with van der Waals surface area (Å²) in [7, 11) is 0. The molecular weight excluding hydrogens is 453 g/mol. The number of nitrogens with one attached hydrogen (secondary N) is 2. The lowest BCUT2D eigenvalue weighted by Crippen LogP contribution is -2.30. The summed E-state index contributed by atoms with van der Waals surface area (Å²) >= 11 is 0. The van der Waals surface area contributed by atoms with Gasteiger partial charge in [-0.15, -0.1) is 0 Å². The fraction of sp³-hybridized carbons (Fsp3) is 0.130. The normalized spacial score (nSPS) is 11.4. The average Bonchev–Trinajstić information content (AvgIpc) is 3.33. The Labute approximate surface area is 190 Å². The van der Waals surface area contributed by atoms with Crippen molar-refractivity contribution in [3.05, 3.63) is 88.2 Å². The smallest absolute Gasteiger partial charge is 0.418 e. The Balaban J connectivity index is 1.58. The van der Waals surface area contributed by atoms with Crippen LogP contribution in [-0.2, 0) is 17.5 Å². The molecule has 2 aromatic heterocycles. The van der Waals surface area contributed by atoms with Crippen LogP contribution in [0.2, 0.25) is 0 Å². The highest BCUT2D eigenvalue weighted by Crippen LogP contribution is 2.36. The number of nitrogens with zero attached hydrogens (tertiary/aromatic N) is 2. The van der Waals surface area contributed by atoms with Gasteiger partial charge in [0, 0.05) is 11.1 Å². The van der Waals surface area contributed by atoms with Gasteiger partial charge >= 0.3 is 6.18 Å². The Bertz CT molecular complexity index is 1440. The largest absolute Gasteiger partial charge is 0.459 e. The number of aromatic nitrogens is 2. The maximum atomic E-state index is 13.7. The van der Waals surface area contributed by atoms with Crippen molar-refractivity contribution in [3.63, 3.8) is 0 Å². The van der Waals surface area contributed by atoms with Crippen molar-refractivity contribution in [1.82, 2.24) is 9.78 Å². The van der Waals surface area contributed by atoms with Crippen molar-refractivity contribution in [2.75, 3.05) is 10.6 Å². The number of anilines is 2. The van der Waals surface area contributed by atoms with E-state index >= 15 is 0 Å². The first-order chi connectivity index (χ1) is 16.1. The van der Waals surface area contributed by atoms with Crippen molar-refractivity contribution in [3.8, 4) is 0 Å². The second-order valence-corrected chi connectivity index (χ2v) is 7.33. The van der Waals surface area contributed by atoms with E-state index in [1.54, 1.807) is 31.2 Å². The zero-order valence-corrected chi connectivity index (χ0v) is 17.6. The van der Waals surface area contributed by atoms with Crippen LogP contribution in [0.25, 0.3) is 10.8 Å². The van der Waals surface area contributed by atoms with E-state index in [0.29, 0.717) is 22.5 Å². The van der Waals surface area contributed by atoms with Crippen LogP contribution in [0.4, 0.5) is 24.5 Å². The zero-order valence-electron chi connectivity index (χ0n) is 17.6. The number of alkyl halides is 3. The molecule has 2 aromatic carbocycles. The molecule has 0 aliphatic rings. The minimum atomic E-state index is -4.83. The third kappa shape index (κ3) is 4.68. The molecule has 0 spiro atoms. The van der Waals surface area contributed by atoms with Crippen molar-refractivity contribution in [1.29, 1.82) is 0 Å². The van der Waals surface area contributed by atoms with Gasteiger partial charge in [-0.3, -0.25) is 14.4 Å². The van der Waals surface area contributed by atoms with E-state index in [9.17, 15) is 27.6 Å². The number of fused-ring (bicyclic) bond motifs is 1. The molecule has 4 aromatic rings. The standard InChI is InChI=1S/C23H17F3N4O4/c1-13-15-5-2-3-6-16(15)22(33)30(29-13)12-20(31)28-18-9-8-14(11-17(18)23(24,25)26)27-21(32)19-7-4-10-34-19/h2-11H,12H2,1H3,(H,27,32)(H,28,31). The van der Waals surface area contributed by atoms with Gasteiger partial charge in [0.15, 0.2) is 5.76 Å². The molecule has 4 rings (SSSR count). The molecule has 0 bridgehead atoms. The topological polar surface area (TPSA) is 106 Å². The van der Waals surface area contributed by atoms with Gasteiger partial charge in [0.1, 0.15) is 6.54 Å². The van der Waals surface area contributed by atoms with E-state index in [1.807, 2.05) is 0 Å². The highest BCUT2D eigenvalue weighted by Gasteiger charge is 2.34. The van der Waals surface area contributed by atoms with Gasteiger partial charge in [0.05, 0.1) is 28.6 Å². The number of aryl methyl sites for hydroxylation is 1. The van der Waals surface area contributed by atoms with Crippen LogP contribution in [0.5, 0.6) is 0 Å². The summed E-state index contributed by atoms with van der Waals surface area (Å²) in [6.45, 7) is 1.08. The Morgan fingerprint density at radius 1 is 1.03 bits per heavy atom. The Kier molecular flexibility index (Phi) is 5.93. The molecule has 2 N–H and O–H groups in total. The Morgan fingerprint density at radius 2 is 1.76 bits per heavy atom. The number of rotatable bonds is 5. The lowest BCUT2D eigenvalue weighted by molar-refractivity contribution is -0.136. The van der Waals surface area contributed by atoms with Gasteiger partial charge in [0.2, 0.25) is 5.91 Å². The maximum absolute atomic E-state index is 13.7. The number of benzene rings is 2. The third-order valence-electron chi connectivity index (χ3n) is 4.95. The van der Waals surface area contributed by atoms with E-state index in [1.165, 1.54) is 24.5 Å². The number of furan rings is 1. The van der Waals surface area contributed by atoms with Crippen molar-refractivity contribution >= 4 is 34.0 Å². The SMILES string of the molecule is Cc1nn(CC(=O)Nc2ccc(NC(=O)c3ccco3)cc2C(F)(F)F)c(=O)c2ccccc12. The monoisotopic (exact) mass is 470 g/mol. The van der Waals surface area contributed by atoms with Crippen molar-refractivity contribution < 1.29 is 27.2 Å². The summed E-state index contributed by atoms with van der Waals surface area (Å²) < 4.78 is 46.8. The molecule has 11 heteroatoms. The number of hydrogen-bond donors (Lipinski definition) is 2.